The minimum absolute atomic E-state index is 0.600. The standard InChI is InChI=1S/C19H21N/c1-20-14-15-11-12-17-9-5-6-10-18(17)19(13-15)16-7-3-2-4-8-16/h2-10,13,15,20H,11-12,14H2,1H3. The molecule has 0 spiro atoms. The maximum absolute atomic E-state index is 3.32. The van der Waals surface area contributed by atoms with Gasteiger partial charge < -0.3 is 5.32 Å². The normalized spacial score (nSPS) is 18.1. The summed E-state index contributed by atoms with van der Waals surface area (Å²) < 4.78 is 0. The first-order valence-corrected chi connectivity index (χ1v) is 7.38. The van der Waals surface area contributed by atoms with Crippen molar-refractivity contribution < 1.29 is 0 Å². The van der Waals surface area contributed by atoms with Crippen LogP contribution in [0.25, 0.3) is 5.57 Å². The number of aryl methyl sites for hydroxylation is 1. The molecule has 1 unspecified atom stereocenters. The van der Waals surface area contributed by atoms with Crippen LogP contribution in [0.5, 0.6) is 0 Å². The Balaban J connectivity index is 2.09. The highest BCUT2D eigenvalue weighted by atomic mass is 14.8. The molecule has 1 nitrogen and oxygen atoms in total. The topological polar surface area (TPSA) is 12.0 Å². The van der Waals surface area contributed by atoms with Crippen LogP contribution in [0, 0.1) is 5.92 Å². The van der Waals surface area contributed by atoms with Crippen LogP contribution in [0.1, 0.15) is 23.1 Å². The van der Waals surface area contributed by atoms with Crippen molar-refractivity contribution >= 4 is 5.57 Å². The lowest BCUT2D eigenvalue weighted by Gasteiger charge is -2.12. The summed E-state index contributed by atoms with van der Waals surface area (Å²) >= 11 is 0. The Kier molecular flexibility index (Phi) is 3.98. The molecule has 0 saturated heterocycles. The summed E-state index contributed by atoms with van der Waals surface area (Å²) in [6.45, 7) is 1.05. The first-order valence-electron chi connectivity index (χ1n) is 7.38. The number of nitrogens with one attached hydrogen (secondary N) is 1. The van der Waals surface area contributed by atoms with Gasteiger partial charge in [0.1, 0.15) is 0 Å². The van der Waals surface area contributed by atoms with E-state index in [9.17, 15) is 0 Å². The molecule has 0 bridgehead atoms. The number of hydrogen-bond acceptors (Lipinski definition) is 1. The molecule has 0 aromatic heterocycles. The van der Waals surface area contributed by atoms with Crippen LogP contribution < -0.4 is 5.32 Å². The highest BCUT2D eigenvalue weighted by Gasteiger charge is 2.17. The van der Waals surface area contributed by atoms with Crippen LogP contribution in [0.3, 0.4) is 0 Å². The third-order valence-corrected chi connectivity index (χ3v) is 4.05. The Hall–Kier alpha value is -1.86. The summed E-state index contributed by atoms with van der Waals surface area (Å²) in [6, 6.07) is 19.6. The Morgan fingerprint density at radius 2 is 1.75 bits per heavy atom. The molecular formula is C19H21N. The molecule has 1 aliphatic rings. The van der Waals surface area contributed by atoms with E-state index in [0.29, 0.717) is 5.92 Å². The van der Waals surface area contributed by atoms with Crippen LogP contribution in [-0.4, -0.2) is 13.6 Å². The summed E-state index contributed by atoms with van der Waals surface area (Å²) in [5, 5.41) is 3.32. The zero-order valence-corrected chi connectivity index (χ0v) is 12.0. The monoisotopic (exact) mass is 263 g/mol. The van der Waals surface area contributed by atoms with E-state index in [-0.39, 0.29) is 0 Å². The summed E-state index contributed by atoms with van der Waals surface area (Å²) in [6.07, 6.45) is 4.83. The van der Waals surface area contributed by atoms with Gasteiger partial charge in [-0.05, 0) is 48.1 Å². The summed E-state index contributed by atoms with van der Waals surface area (Å²) in [5.74, 6) is 0.600. The van der Waals surface area contributed by atoms with E-state index in [2.05, 4.69) is 66.0 Å². The van der Waals surface area contributed by atoms with Crippen LogP contribution in [0.2, 0.25) is 0 Å². The van der Waals surface area contributed by atoms with Crippen molar-refractivity contribution in [1.29, 1.82) is 0 Å². The molecule has 0 aliphatic heterocycles. The molecule has 3 rings (SSSR count). The fourth-order valence-electron chi connectivity index (χ4n) is 3.04. The van der Waals surface area contributed by atoms with Gasteiger partial charge in [0.05, 0.1) is 0 Å². The van der Waals surface area contributed by atoms with Gasteiger partial charge in [-0.25, -0.2) is 0 Å². The summed E-state index contributed by atoms with van der Waals surface area (Å²) in [5.41, 5.74) is 5.58. The first kappa shape index (κ1) is 13.1. The fourth-order valence-corrected chi connectivity index (χ4v) is 3.04. The lowest BCUT2D eigenvalue weighted by atomic mass is 9.93. The Bertz CT molecular complexity index is 598. The van der Waals surface area contributed by atoms with Crippen molar-refractivity contribution in [2.24, 2.45) is 5.92 Å². The molecule has 2 aromatic carbocycles. The van der Waals surface area contributed by atoms with Crippen LogP contribution in [0.4, 0.5) is 0 Å². The summed E-state index contributed by atoms with van der Waals surface area (Å²) in [4.78, 5) is 0. The van der Waals surface area contributed by atoms with Crippen LogP contribution in [-0.2, 0) is 6.42 Å². The van der Waals surface area contributed by atoms with Gasteiger partial charge in [0.2, 0.25) is 0 Å². The van der Waals surface area contributed by atoms with E-state index >= 15 is 0 Å². The largest absolute Gasteiger partial charge is 0.319 e. The number of rotatable bonds is 3. The van der Waals surface area contributed by atoms with Gasteiger partial charge in [-0.3, -0.25) is 0 Å². The molecule has 1 atom stereocenters. The van der Waals surface area contributed by atoms with E-state index in [1.54, 1.807) is 0 Å². The zero-order valence-electron chi connectivity index (χ0n) is 12.0. The van der Waals surface area contributed by atoms with Crippen LogP contribution >= 0.6 is 0 Å². The molecule has 20 heavy (non-hydrogen) atoms. The fraction of sp³-hybridized carbons (Fsp3) is 0.263. The van der Waals surface area contributed by atoms with E-state index in [1.165, 1.54) is 28.7 Å². The van der Waals surface area contributed by atoms with Crippen molar-refractivity contribution in [2.45, 2.75) is 12.8 Å². The van der Waals surface area contributed by atoms with Gasteiger partial charge in [0.15, 0.2) is 0 Å². The molecule has 0 radical (unpaired) electrons. The van der Waals surface area contributed by atoms with E-state index < -0.39 is 0 Å². The Morgan fingerprint density at radius 1 is 1.00 bits per heavy atom. The van der Waals surface area contributed by atoms with Crippen molar-refractivity contribution in [3.63, 3.8) is 0 Å². The number of benzene rings is 2. The van der Waals surface area contributed by atoms with Crippen molar-refractivity contribution in [2.75, 3.05) is 13.6 Å². The quantitative estimate of drug-likeness (QED) is 0.885. The van der Waals surface area contributed by atoms with Crippen molar-refractivity contribution in [3.05, 3.63) is 77.4 Å². The molecule has 1 N–H and O–H groups in total. The Labute approximate surface area is 121 Å². The second-order valence-corrected chi connectivity index (χ2v) is 5.46. The predicted octanol–water partition coefficient (Wildman–Crippen LogP) is 3.90. The highest BCUT2D eigenvalue weighted by Crippen LogP contribution is 2.32. The number of hydrogen-bond donors (Lipinski definition) is 1. The average molecular weight is 263 g/mol. The van der Waals surface area contributed by atoms with Gasteiger partial charge in [-0.15, -0.1) is 0 Å². The van der Waals surface area contributed by atoms with Crippen molar-refractivity contribution in [3.8, 4) is 0 Å². The summed E-state index contributed by atoms with van der Waals surface area (Å²) in [7, 11) is 2.04. The first-order chi connectivity index (χ1) is 9.88. The van der Waals surface area contributed by atoms with Crippen LogP contribution in [0.15, 0.2) is 60.7 Å². The molecule has 0 amide bonds. The molecule has 1 heteroatoms. The second kappa shape index (κ2) is 6.06. The molecule has 0 saturated carbocycles. The van der Waals surface area contributed by atoms with Gasteiger partial charge in [-0.2, -0.15) is 0 Å². The molecule has 102 valence electrons. The van der Waals surface area contributed by atoms with Gasteiger partial charge in [-0.1, -0.05) is 60.7 Å². The lowest BCUT2D eigenvalue weighted by molar-refractivity contribution is 0.558. The molecule has 1 aliphatic carbocycles. The van der Waals surface area contributed by atoms with E-state index in [4.69, 9.17) is 0 Å². The maximum Gasteiger partial charge on any atom is 0.00116 e. The highest BCUT2D eigenvalue weighted by molar-refractivity contribution is 5.82. The van der Waals surface area contributed by atoms with Gasteiger partial charge in [0.25, 0.3) is 0 Å². The number of fused-ring (bicyclic) bond motifs is 1. The van der Waals surface area contributed by atoms with Gasteiger partial charge >= 0.3 is 0 Å². The minimum Gasteiger partial charge on any atom is -0.319 e. The predicted molar refractivity (Wildman–Crippen MR) is 85.7 cm³/mol. The third-order valence-electron chi connectivity index (χ3n) is 4.05. The molecule has 2 aromatic rings. The van der Waals surface area contributed by atoms with E-state index in [1.807, 2.05) is 7.05 Å². The third kappa shape index (κ3) is 2.68. The second-order valence-electron chi connectivity index (χ2n) is 5.46. The SMILES string of the molecule is CNCC1C=C(c2ccccc2)c2ccccc2CC1. The molecule has 0 fully saturated rings. The maximum atomic E-state index is 3.32. The molecular weight excluding hydrogens is 242 g/mol. The minimum atomic E-state index is 0.600. The van der Waals surface area contributed by atoms with Crippen molar-refractivity contribution in [1.82, 2.24) is 5.32 Å². The zero-order chi connectivity index (χ0) is 13.8. The molecule has 0 heterocycles. The van der Waals surface area contributed by atoms with Gasteiger partial charge in [0, 0.05) is 6.54 Å². The smallest absolute Gasteiger partial charge is 0.00116 e. The average Bonchev–Trinajstić information content (AvgIpc) is 2.69. The Morgan fingerprint density at radius 3 is 2.55 bits per heavy atom. The lowest BCUT2D eigenvalue weighted by Crippen LogP contribution is -2.17. The van der Waals surface area contributed by atoms with E-state index in [0.717, 1.165) is 13.0 Å².